The van der Waals surface area contributed by atoms with Gasteiger partial charge in [-0.05, 0) is 19.1 Å². The highest BCUT2D eigenvalue weighted by Gasteiger charge is 1.96. The van der Waals surface area contributed by atoms with Gasteiger partial charge in [-0.25, -0.2) is 9.97 Å². The van der Waals surface area contributed by atoms with Gasteiger partial charge < -0.3 is 15.2 Å². The number of hydrogen-bond acceptors (Lipinski definition) is 4. The number of anilines is 2. The maximum Gasteiger partial charge on any atom is 0.128 e. The number of imidazole rings is 1. The topological polar surface area (TPSA) is 54.8 Å². The van der Waals surface area contributed by atoms with Crippen molar-refractivity contribution in [2.45, 2.75) is 13.5 Å². The summed E-state index contributed by atoms with van der Waals surface area (Å²) in [6.07, 6.45) is 5.54. The van der Waals surface area contributed by atoms with Crippen molar-refractivity contribution in [1.29, 1.82) is 0 Å². The van der Waals surface area contributed by atoms with Crippen LogP contribution < -0.4 is 10.6 Å². The van der Waals surface area contributed by atoms with Crippen LogP contribution in [0, 0.1) is 0 Å². The van der Waals surface area contributed by atoms with E-state index >= 15 is 0 Å². The lowest BCUT2D eigenvalue weighted by Crippen LogP contribution is -2.10. The molecule has 0 aliphatic heterocycles. The number of rotatable bonds is 6. The molecule has 2 heterocycles. The van der Waals surface area contributed by atoms with E-state index in [1.165, 1.54) is 0 Å². The molecule has 90 valence electrons. The van der Waals surface area contributed by atoms with Gasteiger partial charge in [0.2, 0.25) is 0 Å². The maximum atomic E-state index is 4.43. The quantitative estimate of drug-likeness (QED) is 0.796. The summed E-state index contributed by atoms with van der Waals surface area (Å²) in [6, 6.07) is 5.92. The minimum Gasteiger partial charge on any atom is -0.370 e. The van der Waals surface area contributed by atoms with Crippen molar-refractivity contribution in [3.05, 3.63) is 36.9 Å². The van der Waals surface area contributed by atoms with Crippen LogP contribution in [-0.2, 0) is 6.54 Å². The van der Waals surface area contributed by atoms with Crippen molar-refractivity contribution >= 4 is 11.6 Å². The zero-order valence-electron chi connectivity index (χ0n) is 9.93. The third-order valence-electron chi connectivity index (χ3n) is 2.34. The van der Waals surface area contributed by atoms with E-state index in [0.717, 1.165) is 31.3 Å². The first-order chi connectivity index (χ1) is 8.38. The van der Waals surface area contributed by atoms with Crippen LogP contribution in [0.4, 0.5) is 11.6 Å². The lowest BCUT2D eigenvalue weighted by atomic mass is 10.4. The van der Waals surface area contributed by atoms with Gasteiger partial charge >= 0.3 is 0 Å². The first kappa shape index (κ1) is 11.4. The summed E-state index contributed by atoms with van der Waals surface area (Å²) >= 11 is 0. The van der Waals surface area contributed by atoms with E-state index in [1.54, 1.807) is 6.20 Å². The Hall–Kier alpha value is -2.04. The lowest BCUT2D eigenvalue weighted by Gasteiger charge is -2.08. The number of nitrogens with zero attached hydrogens (tertiary/aromatic N) is 3. The minimum absolute atomic E-state index is 0.832. The Balaban J connectivity index is 1.84. The van der Waals surface area contributed by atoms with Gasteiger partial charge in [-0.3, -0.25) is 0 Å². The summed E-state index contributed by atoms with van der Waals surface area (Å²) in [7, 11) is 0. The Labute approximate surface area is 101 Å². The molecule has 0 spiro atoms. The fourth-order valence-corrected chi connectivity index (χ4v) is 1.54. The Morgan fingerprint density at radius 1 is 1.24 bits per heavy atom. The molecule has 5 heteroatoms. The molecule has 0 bridgehead atoms. The molecule has 0 aromatic carbocycles. The molecule has 0 saturated carbocycles. The molecule has 0 unspecified atom stereocenters. The number of pyridine rings is 1. The van der Waals surface area contributed by atoms with Gasteiger partial charge in [0.05, 0.1) is 6.33 Å². The van der Waals surface area contributed by atoms with Gasteiger partial charge in [-0.1, -0.05) is 6.07 Å². The second kappa shape index (κ2) is 5.89. The smallest absolute Gasteiger partial charge is 0.128 e. The lowest BCUT2D eigenvalue weighted by molar-refractivity contribution is 0.725. The van der Waals surface area contributed by atoms with Gasteiger partial charge in [0.25, 0.3) is 0 Å². The summed E-state index contributed by atoms with van der Waals surface area (Å²) in [5, 5.41) is 6.47. The van der Waals surface area contributed by atoms with Gasteiger partial charge in [0.15, 0.2) is 0 Å². The van der Waals surface area contributed by atoms with Crippen molar-refractivity contribution in [3.63, 3.8) is 0 Å². The van der Waals surface area contributed by atoms with E-state index in [9.17, 15) is 0 Å². The van der Waals surface area contributed by atoms with Gasteiger partial charge in [-0.2, -0.15) is 0 Å². The molecule has 2 aromatic rings. The second-order valence-electron chi connectivity index (χ2n) is 3.67. The van der Waals surface area contributed by atoms with E-state index in [1.807, 2.05) is 35.3 Å². The van der Waals surface area contributed by atoms with E-state index in [2.05, 4.69) is 27.5 Å². The number of nitrogens with one attached hydrogen (secondary N) is 2. The predicted molar refractivity (Wildman–Crippen MR) is 69.1 cm³/mol. The molecule has 0 radical (unpaired) electrons. The van der Waals surface area contributed by atoms with Crippen molar-refractivity contribution < 1.29 is 0 Å². The largest absolute Gasteiger partial charge is 0.370 e. The summed E-state index contributed by atoms with van der Waals surface area (Å²) in [5.74, 6) is 1.80. The van der Waals surface area contributed by atoms with E-state index < -0.39 is 0 Å². The van der Waals surface area contributed by atoms with Crippen LogP contribution in [-0.4, -0.2) is 27.6 Å². The summed E-state index contributed by atoms with van der Waals surface area (Å²) in [5.41, 5.74) is 0. The molecule has 0 fully saturated rings. The molecule has 0 atom stereocenters. The molecule has 2 aromatic heterocycles. The molecule has 0 aliphatic carbocycles. The molecule has 0 aliphatic rings. The molecular weight excluding hydrogens is 214 g/mol. The highest BCUT2D eigenvalue weighted by Crippen LogP contribution is 2.08. The number of aromatic nitrogens is 3. The van der Waals surface area contributed by atoms with Crippen LogP contribution in [0.2, 0.25) is 0 Å². The first-order valence-corrected chi connectivity index (χ1v) is 5.79. The molecule has 5 nitrogen and oxygen atoms in total. The minimum atomic E-state index is 0.832. The Kier molecular flexibility index (Phi) is 3.96. The van der Waals surface area contributed by atoms with Crippen LogP contribution in [0.25, 0.3) is 0 Å². The number of hydrogen-bond donors (Lipinski definition) is 2. The average Bonchev–Trinajstić information content (AvgIpc) is 2.83. The highest BCUT2D eigenvalue weighted by atomic mass is 15.1. The van der Waals surface area contributed by atoms with Gasteiger partial charge in [0, 0.05) is 32.0 Å². The van der Waals surface area contributed by atoms with E-state index in [-0.39, 0.29) is 0 Å². The maximum absolute atomic E-state index is 4.43. The standard InChI is InChI=1S/C12H17N5/c1-2-14-11-4-3-5-12(16-11)15-7-9-17-8-6-13-10-17/h3-6,8,10H,2,7,9H2,1H3,(H2,14,15,16). The monoisotopic (exact) mass is 231 g/mol. The zero-order valence-corrected chi connectivity index (χ0v) is 9.93. The highest BCUT2D eigenvalue weighted by molar-refractivity contribution is 5.44. The molecule has 0 amide bonds. The fraction of sp³-hybridized carbons (Fsp3) is 0.333. The van der Waals surface area contributed by atoms with Crippen molar-refractivity contribution in [1.82, 2.24) is 14.5 Å². The zero-order chi connectivity index (χ0) is 11.9. The summed E-state index contributed by atoms with van der Waals surface area (Å²) in [6.45, 7) is 4.65. The Morgan fingerprint density at radius 3 is 2.76 bits per heavy atom. The van der Waals surface area contributed by atoms with Gasteiger partial charge in [0.1, 0.15) is 11.6 Å². The third-order valence-corrected chi connectivity index (χ3v) is 2.34. The van der Waals surface area contributed by atoms with Crippen molar-refractivity contribution in [2.75, 3.05) is 23.7 Å². The fourth-order valence-electron chi connectivity index (χ4n) is 1.54. The molecule has 0 saturated heterocycles. The Morgan fingerprint density at radius 2 is 2.06 bits per heavy atom. The van der Waals surface area contributed by atoms with Crippen LogP contribution in [0.5, 0.6) is 0 Å². The second-order valence-corrected chi connectivity index (χ2v) is 3.67. The predicted octanol–water partition coefficient (Wildman–Crippen LogP) is 1.82. The Bertz CT molecular complexity index is 438. The van der Waals surface area contributed by atoms with Crippen LogP contribution in [0.1, 0.15) is 6.92 Å². The van der Waals surface area contributed by atoms with E-state index in [4.69, 9.17) is 0 Å². The summed E-state index contributed by atoms with van der Waals surface area (Å²) < 4.78 is 2.03. The third kappa shape index (κ3) is 3.48. The SMILES string of the molecule is CCNc1cccc(NCCn2ccnc2)n1. The molecule has 17 heavy (non-hydrogen) atoms. The van der Waals surface area contributed by atoms with Crippen LogP contribution in [0.15, 0.2) is 36.9 Å². The molecular formula is C12H17N5. The first-order valence-electron chi connectivity index (χ1n) is 5.79. The normalized spacial score (nSPS) is 10.2. The van der Waals surface area contributed by atoms with Crippen LogP contribution >= 0.6 is 0 Å². The average molecular weight is 231 g/mol. The van der Waals surface area contributed by atoms with E-state index in [0.29, 0.717) is 0 Å². The van der Waals surface area contributed by atoms with Crippen molar-refractivity contribution in [3.8, 4) is 0 Å². The van der Waals surface area contributed by atoms with Crippen molar-refractivity contribution in [2.24, 2.45) is 0 Å². The van der Waals surface area contributed by atoms with Crippen LogP contribution in [0.3, 0.4) is 0 Å². The summed E-state index contributed by atoms with van der Waals surface area (Å²) in [4.78, 5) is 8.43. The van der Waals surface area contributed by atoms with Gasteiger partial charge in [-0.15, -0.1) is 0 Å². The molecule has 2 rings (SSSR count). The molecule has 2 N–H and O–H groups in total.